The van der Waals surface area contributed by atoms with Crippen molar-refractivity contribution in [3.63, 3.8) is 0 Å². The van der Waals surface area contributed by atoms with Gasteiger partial charge in [0.15, 0.2) is 0 Å². The van der Waals surface area contributed by atoms with Crippen molar-refractivity contribution in [3.8, 4) is 0 Å². The minimum atomic E-state index is -3.26. The molecule has 0 aromatic heterocycles. The van der Waals surface area contributed by atoms with Crippen LogP contribution in [0.1, 0.15) is 10.4 Å². The summed E-state index contributed by atoms with van der Waals surface area (Å²) in [7, 11) is 0. The lowest BCUT2D eigenvalue weighted by molar-refractivity contribution is -0.0372. The number of hydrogen-bond acceptors (Lipinski definition) is 3. The predicted octanol–water partition coefficient (Wildman–Crippen LogP) is 2.08. The van der Waals surface area contributed by atoms with Gasteiger partial charge in [0, 0.05) is 0 Å². The molecule has 0 saturated carbocycles. The number of halogens is 3. The molecule has 0 unspecified atom stereocenters. The number of carbonyl (C=O) groups is 1. The lowest BCUT2D eigenvalue weighted by atomic mass is 10.2. The van der Waals surface area contributed by atoms with Crippen LogP contribution in [-0.4, -0.2) is 35.3 Å². The summed E-state index contributed by atoms with van der Waals surface area (Å²) < 4.78 is 25.5. The second kappa shape index (κ2) is 5.29. The Kier molecular flexibility index (Phi) is 4.25. The molecular weight excluding hydrogens is 256 g/mol. The zero-order valence-corrected chi connectivity index (χ0v) is 9.34. The van der Waals surface area contributed by atoms with Gasteiger partial charge in [-0.15, -0.1) is 0 Å². The van der Waals surface area contributed by atoms with E-state index >= 15 is 0 Å². The van der Waals surface area contributed by atoms with Crippen molar-refractivity contribution in [3.05, 3.63) is 28.8 Å². The van der Waals surface area contributed by atoms with Gasteiger partial charge in [-0.3, -0.25) is 0 Å². The average Bonchev–Trinajstić information content (AvgIpc) is 2.27. The summed E-state index contributed by atoms with van der Waals surface area (Å²) in [6, 6.07) is 3.69. The highest BCUT2D eigenvalue weighted by Crippen LogP contribution is 2.24. The Morgan fingerprint density at radius 1 is 1.47 bits per heavy atom. The van der Waals surface area contributed by atoms with Crippen molar-refractivity contribution in [2.45, 2.75) is 5.92 Å². The van der Waals surface area contributed by atoms with Crippen molar-refractivity contribution < 1.29 is 23.8 Å². The van der Waals surface area contributed by atoms with Crippen molar-refractivity contribution in [1.29, 1.82) is 0 Å². The fraction of sp³-hybridized carbons (Fsp3) is 0.300. The van der Waals surface area contributed by atoms with E-state index in [0.717, 1.165) is 6.07 Å². The second-order valence-corrected chi connectivity index (χ2v) is 3.77. The molecule has 0 spiro atoms. The van der Waals surface area contributed by atoms with Gasteiger partial charge >= 0.3 is 5.97 Å². The number of carboxylic acids is 1. The highest BCUT2D eigenvalue weighted by molar-refractivity contribution is 6.33. The molecule has 0 aliphatic rings. The van der Waals surface area contributed by atoms with E-state index in [0.29, 0.717) is 0 Å². The predicted molar refractivity (Wildman–Crippen MR) is 58.9 cm³/mol. The molecule has 3 N–H and O–H groups in total. The van der Waals surface area contributed by atoms with E-state index in [-0.39, 0.29) is 16.3 Å². The summed E-state index contributed by atoms with van der Waals surface area (Å²) in [5.41, 5.74) is 0.152. The van der Waals surface area contributed by atoms with Crippen molar-refractivity contribution in [2.24, 2.45) is 0 Å². The fourth-order valence-corrected chi connectivity index (χ4v) is 1.32. The van der Waals surface area contributed by atoms with Gasteiger partial charge in [-0.2, -0.15) is 0 Å². The number of aliphatic hydroxyl groups excluding tert-OH is 1. The smallest absolute Gasteiger partial charge is 0.335 e. The van der Waals surface area contributed by atoms with Crippen molar-refractivity contribution in [1.82, 2.24) is 0 Å². The number of anilines is 1. The molecule has 0 bridgehead atoms. The summed E-state index contributed by atoms with van der Waals surface area (Å²) >= 11 is 5.71. The maximum Gasteiger partial charge on any atom is 0.335 e. The van der Waals surface area contributed by atoms with Gasteiger partial charge in [0.25, 0.3) is 5.92 Å². The number of carboxylic acid groups (broad SMARTS) is 1. The number of hydrogen-bond donors (Lipinski definition) is 3. The lowest BCUT2D eigenvalue weighted by Gasteiger charge is -2.15. The van der Waals surface area contributed by atoms with Crippen LogP contribution in [-0.2, 0) is 0 Å². The van der Waals surface area contributed by atoms with Crippen LogP contribution in [0.15, 0.2) is 18.2 Å². The molecule has 0 atom stereocenters. The number of aromatic carboxylic acids is 1. The number of rotatable bonds is 5. The Morgan fingerprint density at radius 3 is 2.59 bits per heavy atom. The van der Waals surface area contributed by atoms with Gasteiger partial charge < -0.3 is 15.5 Å². The molecular formula is C10H10ClF2NO3. The zero-order valence-electron chi connectivity index (χ0n) is 8.58. The van der Waals surface area contributed by atoms with Crippen molar-refractivity contribution >= 4 is 23.3 Å². The Balaban J connectivity index is 2.77. The molecule has 0 fully saturated rings. The van der Waals surface area contributed by atoms with Gasteiger partial charge in [0.05, 0.1) is 22.8 Å². The molecule has 0 amide bonds. The lowest BCUT2D eigenvalue weighted by Crippen LogP contribution is -2.31. The number of benzene rings is 1. The quantitative estimate of drug-likeness (QED) is 0.762. The Hall–Kier alpha value is -1.40. The Bertz CT molecular complexity index is 426. The molecule has 1 aromatic carbocycles. The van der Waals surface area contributed by atoms with Gasteiger partial charge in [0.1, 0.15) is 6.61 Å². The average molecular weight is 266 g/mol. The van der Waals surface area contributed by atoms with Gasteiger partial charge in [-0.05, 0) is 18.2 Å². The minimum absolute atomic E-state index is 0.0265. The normalized spacial score (nSPS) is 11.3. The first-order valence-electron chi connectivity index (χ1n) is 4.61. The molecule has 0 saturated heterocycles. The first-order valence-corrected chi connectivity index (χ1v) is 4.99. The van der Waals surface area contributed by atoms with Crippen LogP contribution in [0, 0.1) is 0 Å². The number of alkyl halides is 2. The zero-order chi connectivity index (χ0) is 13.1. The third-order valence-corrected chi connectivity index (χ3v) is 2.30. The van der Waals surface area contributed by atoms with E-state index in [1.54, 1.807) is 0 Å². The van der Waals surface area contributed by atoms with E-state index in [1.807, 2.05) is 0 Å². The van der Waals surface area contributed by atoms with Crippen molar-refractivity contribution in [2.75, 3.05) is 18.5 Å². The molecule has 0 aliphatic heterocycles. The largest absolute Gasteiger partial charge is 0.478 e. The third-order valence-electron chi connectivity index (χ3n) is 1.98. The van der Waals surface area contributed by atoms with Gasteiger partial charge in [-0.1, -0.05) is 11.6 Å². The summed E-state index contributed by atoms with van der Waals surface area (Å²) in [6.45, 7) is -2.06. The summed E-state index contributed by atoms with van der Waals surface area (Å²) in [5.74, 6) is -4.41. The van der Waals surface area contributed by atoms with E-state index in [4.69, 9.17) is 21.8 Å². The molecule has 7 heteroatoms. The van der Waals surface area contributed by atoms with Crippen LogP contribution in [0.4, 0.5) is 14.5 Å². The first-order chi connectivity index (χ1) is 7.85. The molecule has 0 radical (unpaired) electrons. The maximum absolute atomic E-state index is 12.7. The van der Waals surface area contributed by atoms with E-state index < -0.39 is 25.0 Å². The Labute approximate surface area is 101 Å². The minimum Gasteiger partial charge on any atom is -0.478 e. The Morgan fingerprint density at radius 2 is 2.12 bits per heavy atom. The summed E-state index contributed by atoms with van der Waals surface area (Å²) in [5, 5.41) is 19.4. The molecule has 0 heterocycles. The standard InChI is InChI=1S/C10H10ClF2NO3/c11-7-3-6(9(16)17)1-2-8(7)14-4-10(12,13)5-15/h1-3,14-15H,4-5H2,(H,16,17). The van der Waals surface area contributed by atoms with Crippen LogP contribution >= 0.6 is 11.6 Å². The summed E-state index contributed by atoms with van der Waals surface area (Å²) in [4.78, 5) is 10.6. The van der Waals surface area contributed by atoms with E-state index in [1.165, 1.54) is 12.1 Å². The van der Waals surface area contributed by atoms with Crippen LogP contribution in [0.5, 0.6) is 0 Å². The van der Waals surface area contributed by atoms with Crippen LogP contribution in [0.3, 0.4) is 0 Å². The van der Waals surface area contributed by atoms with Gasteiger partial charge in [-0.25, -0.2) is 13.6 Å². The SMILES string of the molecule is O=C(O)c1ccc(NCC(F)(F)CO)c(Cl)c1. The van der Waals surface area contributed by atoms with Crippen LogP contribution < -0.4 is 5.32 Å². The summed E-state index contributed by atoms with van der Waals surface area (Å²) in [6.07, 6.45) is 0. The third kappa shape index (κ3) is 3.83. The number of aliphatic hydroxyl groups is 1. The highest BCUT2D eigenvalue weighted by atomic mass is 35.5. The fourth-order valence-electron chi connectivity index (χ4n) is 1.07. The maximum atomic E-state index is 12.7. The second-order valence-electron chi connectivity index (χ2n) is 3.37. The molecule has 0 aliphatic carbocycles. The molecule has 4 nitrogen and oxygen atoms in total. The monoisotopic (exact) mass is 265 g/mol. The number of nitrogens with one attached hydrogen (secondary N) is 1. The first kappa shape index (κ1) is 13.7. The topological polar surface area (TPSA) is 69.6 Å². The molecule has 1 rings (SSSR count). The molecule has 1 aromatic rings. The van der Waals surface area contributed by atoms with Crippen LogP contribution in [0.2, 0.25) is 5.02 Å². The highest BCUT2D eigenvalue weighted by Gasteiger charge is 2.27. The molecule has 17 heavy (non-hydrogen) atoms. The van der Waals surface area contributed by atoms with E-state index in [2.05, 4.69) is 5.32 Å². The van der Waals surface area contributed by atoms with E-state index in [9.17, 15) is 13.6 Å². The van der Waals surface area contributed by atoms with Crippen LogP contribution in [0.25, 0.3) is 0 Å². The van der Waals surface area contributed by atoms with Gasteiger partial charge in [0.2, 0.25) is 0 Å². The molecule has 94 valence electrons.